The van der Waals surface area contributed by atoms with Gasteiger partial charge in [-0.1, -0.05) is 13.8 Å². The third-order valence-corrected chi connectivity index (χ3v) is 3.62. The summed E-state index contributed by atoms with van der Waals surface area (Å²) in [6, 6.07) is 2.44. The van der Waals surface area contributed by atoms with Gasteiger partial charge in [0.25, 0.3) is 0 Å². The quantitative estimate of drug-likeness (QED) is 0.567. The van der Waals surface area contributed by atoms with Gasteiger partial charge in [0.1, 0.15) is 6.04 Å². The number of aromatic amines is 1. The SMILES string of the molecule is CC(C)CC(NC(=O)Nc1ccc(C(F)(F)F)cc1)C(=O)NCc1nnn[nH]1. The number of halogens is 3. The third kappa shape index (κ3) is 6.52. The molecule has 2 aromatic rings. The molecule has 0 aliphatic carbocycles. The molecule has 3 amide bonds. The number of amides is 3. The predicted molar refractivity (Wildman–Crippen MR) is 92.9 cm³/mol. The Hall–Kier alpha value is -3.18. The molecule has 0 aliphatic rings. The summed E-state index contributed by atoms with van der Waals surface area (Å²) in [5.41, 5.74) is -0.653. The van der Waals surface area contributed by atoms with Crippen molar-refractivity contribution in [2.75, 3.05) is 5.32 Å². The number of carbonyl (C=O) groups is 2. The lowest BCUT2D eigenvalue weighted by atomic mass is 10.0. The van der Waals surface area contributed by atoms with Crippen molar-refractivity contribution < 1.29 is 22.8 Å². The highest BCUT2D eigenvalue weighted by Crippen LogP contribution is 2.29. The molecule has 1 unspecified atom stereocenters. The zero-order valence-electron chi connectivity index (χ0n) is 15.2. The zero-order chi connectivity index (χ0) is 20.7. The maximum absolute atomic E-state index is 12.6. The van der Waals surface area contributed by atoms with Gasteiger partial charge in [0.2, 0.25) is 5.91 Å². The van der Waals surface area contributed by atoms with Crippen LogP contribution < -0.4 is 16.0 Å². The molecule has 4 N–H and O–H groups in total. The highest BCUT2D eigenvalue weighted by atomic mass is 19.4. The summed E-state index contributed by atoms with van der Waals surface area (Å²) in [5.74, 6) is 0.0209. The molecule has 0 saturated heterocycles. The summed E-state index contributed by atoms with van der Waals surface area (Å²) >= 11 is 0. The second-order valence-electron chi connectivity index (χ2n) is 6.42. The minimum absolute atomic E-state index is 0.0582. The number of nitrogens with one attached hydrogen (secondary N) is 4. The van der Waals surface area contributed by atoms with E-state index in [4.69, 9.17) is 0 Å². The molecular weight excluding hydrogens is 379 g/mol. The minimum atomic E-state index is -4.46. The van der Waals surface area contributed by atoms with Crippen molar-refractivity contribution in [1.29, 1.82) is 0 Å². The molecule has 9 nitrogen and oxygen atoms in total. The van der Waals surface area contributed by atoms with E-state index >= 15 is 0 Å². The first-order valence-corrected chi connectivity index (χ1v) is 8.40. The molecule has 152 valence electrons. The van der Waals surface area contributed by atoms with Crippen LogP contribution in [0.25, 0.3) is 0 Å². The third-order valence-electron chi connectivity index (χ3n) is 3.62. The lowest BCUT2D eigenvalue weighted by Crippen LogP contribution is -2.48. The molecule has 1 atom stereocenters. The monoisotopic (exact) mass is 399 g/mol. The second-order valence-corrected chi connectivity index (χ2v) is 6.42. The summed E-state index contributed by atoms with van der Waals surface area (Å²) in [7, 11) is 0. The molecule has 12 heteroatoms. The molecule has 1 aromatic carbocycles. The van der Waals surface area contributed by atoms with Crippen LogP contribution in [0.4, 0.5) is 23.7 Å². The Labute approximate surface area is 158 Å². The predicted octanol–water partition coefficient (Wildman–Crippen LogP) is 2.07. The molecule has 0 saturated carbocycles. The maximum atomic E-state index is 12.6. The van der Waals surface area contributed by atoms with Gasteiger partial charge in [0, 0.05) is 5.69 Å². The summed E-state index contributed by atoms with van der Waals surface area (Å²) in [4.78, 5) is 24.5. The molecule has 1 heterocycles. The number of tetrazole rings is 1. The van der Waals surface area contributed by atoms with Crippen molar-refractivity contribution in [2.45, 2.75) is 39.0 Å². The first-order chi connectivity index (χ1) is 13.1. The van der Waals surface area contributed by atoms with Gasteiger partial charge in [0.05, 0.1) is 12.1 Å². The minimum Gasteiger partial charge on any atom is -0.347 e. The summed E-state index contributed by atoms with van der Waals surface area (Å²) in [5, 5.41) is 20.4. The van der Waals surface area contributed by atoms with Crippen LogP contribution in [-0.4, -0.2) is 38.6 Å². The van der Waals surface area contributed by atoms with E-state index in [9.17, 15) is 22.8 Å². The Morgan fingerprint density at radius 3 is 2.39 bits per heavy atom. The fourth-order valence-electron chi connectivity index (χ4n) is 2.32. The summed E-state index contributed by atoms with van der Waals surface area (Å²) in [6.07, 6.45) is -4.10. The average Bonchev–Trinajstić information content (AvgIpc) is 3.12. The van der Waals surface area contributed by atoms with Gasteiger partial charge in [-0.25, -0.2) is 9.89 Å². The Morgan fingerprint density at radius 1 is 1.18 bits per heavy atom. The number of hydrogen-bond donors (Lipinski definition) is 4. The van der Waals surface area contributed by atoms with Gasteiger partial charge in [0.15, 0.2) is 5.82 Å². The molecule has 0 fully saturated rings. The van der Waals surface area contributed by atoms with Gasteiger partial charge in [-0.3, -0.25) is 4.79 Å². The Morgan fingerprint density at radius 2 is 1.86 bits per heavy atom. The Bertz CT molecular complexity index is 777. The van der Waals surface area contributed by atoms with Gasteiger partial charge in [-0.15, -0.1) is 5.10 Å². The van der Waals surface area contributed by atoms with E-state index < -0.39 is 29.7 Å². The van der Waals surface area contributed by atoms with Crippen LogP contribution in [-0.2, 0) is 17.5 Å². The fourth-order valence-corrected chi connectivity index (χ4v) is 2.32. The van der Waals surface area contributed by atoms with E-state index in [0.717, 1.165) is 24.3 Å². The van der Waals surface area contributed by atoms with Crippen molar-refractivity contribution in [3.8, 4) is 0 Å². The van der Waals surface area contributed by atoms with Crippen LogP contribution in [0.3, 0.4) is 0 Å². The van der Waals surface area contributed by atoms with Crippen molar-refractivity contribution in [3.05, 3.63) is 35.7 Å². The lowest BCUT2D eigenvalue weighted by molar-refractivity contribution is -0.137. The molecule has 0 spiro atoms. The van der Waals surface area contributed by atoms with Gasteiger partial charge >= 0.3 is 12.2 Å². The van der Waals surface area contributed by atoms with Gasteiger partial charge < -0.3 is 16.0 Å². The van der Waals surface area contributed by atoms with Crippen molar-refractivity contribution in [3.63, 3.8) is 0 Å². The first-order valence-electron chi connectivity index (χ1n) is 8.40. The molecule has 28 heavy (non-hydrogen) atoms. The number of anilines is 1. The van der Waals surface area contributed by atoms with Crippen molar-refractivity contribution in [2.24, 2.45) is 5.92 Å². The number of rotatable bonds is 7. The van der Waals surface area contributed by atoms with E-state index in [-0.39, 0.29) is 18.2 Å². The van der Waals surface area contributed by atoms with Crippen molar-refractivity contribution in [1.82, 2.24) is 31.3 Å². The van der Waals surface area contributed by atoms with E-state index in [0.29, 0.717) is 12.2 Å². The van der Waals surface area contributed by atoms with Crippen LogP contribution in [0.15, 0.2) is 24.3 Å². The Balaban J connectivity index is 1.94. The number of hydrogen-bond acceptors (Lipinski definition) is 5. The Kier molecular flexibility index (Phi) is 6.90. The summed E-state index contributed by atoms with van der Waals surface area (Å²) in [6.45, 7) is 3.83. The normalized spacial score (nSPS) is 12.5. The topological polar surface area (TPSA) is 125 Å². The van der Waals surface area contributed by atoms with Gasteiger partial charge in [-0.05, 0) is 47.0 Å². The van der Waals surface area contributed by atoms with Crippen LogP contribution in [0.1, 0.15) is 31.7 Å². The number of aromatic nitrogens is 4. The van der Waals surface area contributed by atoms with Crippen molar-refractivity contribution >= 4 is 17.6 Å². The number of carbonyl (C=O) groups excluding carboxylic acids is 2. The van der Waals surface area contributed by atoms with E-state index in [1.165, 1.54) is 0 Å². The average molecular weight is 399 g/mol. The second kappa shape index (κ2) is 9.15. The van der Waals surface area contributed by atoms with E-state index in [2.05, 4.69) is 36.6 Å². The summed E-state index contributed by atoms with van der Waals surface area (Å²) < 4.78 is 37.7. The van der Waals surface area contributed by atoms with Gasteiger partial charge in [-0.2, -0.15) is 13.2 Å². The molecule has 1 aromatic heterocycles. The smallest absolute Gasteiger partial charge is 0.347 e. The standard InChI is InChI=1S/C16H20F3N7O2/c1-9(2)7-12(14(27)20-8-13-23-25-26-24-13)22-15(28)21-11-5-3-10(4-6-11)16(17,18)19/h3-6,9,12H,7-8H2,1-2H3,(H,20,27)(H2,21,22,28)(H,23,24,25,26). The number of benzene rings is 1. The number of H-pyrrole nitrogens is 1. The molecule has 0 aliphatic heterocycles. The molecule has 2 rings (SSSR count). The van der Waals surface area contributed by atoms with Crippen LogP contribution in [0.2, 0.25) is 0 Å². The zero-order valence-corrected chi connectivity index (χ0v) is 15.2. The van der Waals surface area contributed by atoms with E-state index in [1.54, 1.807) is 0 Å². The maximum Gasteiger partial charge on any atom is 0.416 e. The van der Waals surface area contributed by atoms with Crippen LogP contribution >= 0.6 is 0 Å². The molecule has 0 radical (unpaired) electrons. The van der Waals surface area contributed by atoms with Crippen LogP contribution in [0.5, 0.6) is 0 Å². The number of nitrogens with zero attached hydrogens (tertiary/aromatic N) is 3. The first kappa shape index (κ1) is 21.1. The molecular formula is C16H20F3N7O2. The largest absolute Gasteiger partial charge is 0.416 e. The fraction of sp³-hybridized carbons (Fsp3) is 0.438. The molecule has 0 bridgehead atoms. The lowest BCUT2D eigenvalue weighted by Gasteiger charge is -2.20. The number of urea groups is 1. The van der Waals surface area contributed by atoms with Crippen LogP contribution in [0, 0.1) is 5.92 Å². The highest BCUT2D eigenvalue weighted by Gasteiger charge is 2.30. The number of alkyl halides is 3. The highest BCUT2D eigenvalue weighted by molar-refractivity contribution is 5.93. The van der Waals surface area contributed by atoms with E-state index in [1.807, 2.05) is 13.8 Å².